The minimum atomic E-state index is -3.06. The highest BCUT2D eigenvalue weighted by Gasteiger charge is 2.36. The summed E-state index contributed by atoms with van der Waals surface area (Å²) < 4.78 is 39.3. The molecule has 4 aromatic rings. The van der Waals surface area contributed by atoms with Crippen molar-refractivity contribution in [3.05, 3.63) is 65.7 Å². The van der Waals surface area contributed by atoms with Gasteiger partial charge in [-0.1, -0.05) is 32.9 Å². The minimum absolute atomic E-state index is 0.104. The third-order valence-corrected chi connectivity index (χ3v) is 7.36. The molecular weight excluding hydrogens is 518 g/mol. The summed E-state index contributed by atoms with van der Waals surface area (Å²) in [4.78, 5) is 24.4. The number of pyridine rings is 1. The molecule has 0 radical (unpaired) electrons. The molecule has 210 valence electrons. The van der Waals surface area contributed by atoms with Gasteiger partial charge in [-0.25, -0.2) is 4.98 Å². The van der Waals surface area contributed by atoms with Gasteiger partial charge in [0.15, 0.2) is 5.75 Å². The normalized spacial score (nSPS) is 19.7. The van der Waals surface area contributed by atoms with Crippen molar-refractivity contribution in [1.82, 2.24) is 19.4 Å². The molecule has 0 spiro atoms. The number of aliphatic hydroxyl groups is 1. The van der Waals surface area contributed by atoms with Crippen LogP contribution in [-0.2, 0) is 5.60 Å². The number of amides is 1. The number of hydrogen-bond acceptors (Lipinski definition) is 6. The van der Waals surface area contributed by atoms with E-state index in [1.54, 1.807) is 35.7 Å². The largest absolute Gasteiger partial charge is 0.491 e. The number of halogens is 2. The number of aromatic nitrogens is 3. The van der Waals surface area contributed by atoms with Crippen LogP contribution in [0.1, 0.15) is 68.5 Å². The Kier molecular flexibility index (Phi) is 7.22. The van der Waals surface area contributed by atoms with Crippen LogP contribution in [0.25, 0.3) is 27.8 Å². The summed E-state index contributed by atoms with van der Waals surface area (Å²) in [6.07, 6.45) is 2.70. The van der Waals surface area contributed by atoms with Gasteiger partial charge in [-0.2, -0.15) is 8.78 Å². The summed E-state index contributed by atoms with van der Waals surface area (Å²) in [6, 6.07) is 11.7. The second-order valence-electron chi connectivity index (χ2n) is 9.82. The monoisotopic (exact) mass is 550 g/mol. The molecule has 4 heterocycles. The fourth-order valence-electron chi connectivity index (χ4n) is 5.40. The average molecular weight is 551 g/mol. The molecule has 10 heteroatoms. The SMILES string of the molecule is CC.CCC1c2nc3ccc(-c4cnc5c(c4)OCCC5(C)O)cc3n2-c2c(OC(F)F)cccc2C(=O)N1C. The molecule has 1 amide bonds. The third-order valence-electron chi connectivity index (χ3n) is 7.36. The van der Waals surface area contributed by atoms with Crippen LogP contribution in [0, 0.1) is 0 Å². The maximum absolute atomic E-state index is 13.4. The van der Waals surface area contributed by atoms with Crippen molar-refractivity contribution < 1.29 is 28.2 Å². The van der Waals surface area contributed by atoms with E-state index in [9.17, 15) is 18.7 Å². The van der Waals surface area contributed by atoms with Crippen LogP contribution in [0.15, 0.2) is 48.7 Å². The fourth-order valence-corrected chi connectivity index (χ4v) is 5.40. The predicted molar refractivity (Wildman–Crippen MR) is 147 cm³/mol. The number of carbonyl (C=O) groups excluding carboxylic acids is 1. The number of nitrogens with zero attached hydrogens (tertiary/aromatic N) is 4. The summed E-state index contributed by atoms with van der Waals surface area (Å²) in [5, 5.41) is 10.7. The van der Waals surface area contributed by atoms with Crippen LogP contribution in [0.5, 0.6) is 11.5 Å². The second-order valence-corrected chi connectivity index (χ2v) is 9.82. The highest BCUT2D eigenvalue weighted by Crippen LogP contribution is 2.42. The van der Waals surface area contributed by atoms with Gasteiger partial charge in [0, 0.05) is 25.2 Å². The van der Waals surface area contributed by atoms with E-state index in [-0.39, 0.29) is 28.9 Å². The molecule has 0 saturated carbocycles. The van der Waals surface area contributed by atoms with Gasteiger partial charge in [-0.05, 0) is 49.2 Å². The second kappa shape index (κ2) is 10.5. The Morgan fingerprint density at radius 1 is 1.20 bits per heavy atom. The van der Waals surface area contributed by atoms with E-state index in [4.69, 9.17) is 14.5 Å². The molecule has 0 saturated heterocycles. The molecule has 2 aromatic carbocycles. The first kappa shape index (κ1) is 27.5. The van der Waals surface area contributed by atoms with Gasteiger partial charge >= 0.3 is 6.61 Å². The first-order valence-corrected chi connectivity index (χ1v) is 13.4. The van der Waals surface area contributed by atoms with Gasteiger partial charge in [-0.3, -0.25) is 14.3 Å². The predicted octanol–water partition coefficient (Wildman–Crippen LogP) is 6.24. The third kappa shape index (κ3) is 4.46. The zero-order valence-electron chi connectivity index (χ0n) is 23.1. The molecule has 0 aliphatic carbocycles. The van der Waals surface area contributed by atoms with E-state index >= 15 is 0 Å². The lowest BCUT2D eigenvalue weighted by Gasteiger charge is -2.30. The maximum Gasteiger partial charge on any atom is 0.387 e. The Bertz CT molecular complexity index is 1580. The number of imidazole rings is 1. The smallest absolute Gasteiger partial charge is 0.387 e. The molecule has 2 aliphatic heterocycles. The van der Waals surface area contributed by atoms with Gasteiger partial charge in [0.2, 0.25) is 0 Å². The number of fused-ring (bicyclic) bond motifs is 6. The van der Waals surface area contributed by atoms with E-state index in [0.29, 0.717) is 47.7 Å². The topological polar surface area (TPSA) is 89.7 Å². The highest BCUT2D eigenvalue weighted by atomic mass is 19.3. The van der Waals surface area contributed by atoms with E-state index in [1.165, 1.54) is 12.1 Å². The average Bonchev–Trinajstić information content (AvgIpc) is 3.27. The number of para-hydroxylation sites is 1. The Labute approximate surface area is 231 Å². The molecule has 2 atom stereocenters. The van der Waals surface area contributed by atoms with E-state index in [2.05, 4.69) is 4.98 Å². The molecular formula is C30H32F2N4O4. The van der Waals surface area contributed by atoms with Gasteiger partial charge < -0.3 is 19.5 Å². The van der Waals surface area contributed by atoms with Gasteiger partial charge in [-0.15, -0.1) is 0 Å². The van der Waals surface area contributed by atoms with E-state index in [0.717, 1.165) is 11.1 Å². The fraction of sp³-hybridized carbons (Fsp3) is 0.367. The minimum Gasteiger partial charge on any atom is -0.491 e. The molecule has 6 rings (SSSR count). The van der Waals surface area contributed by atoms with Crippen LogP contribution >= 0.6 is 0 Å². The highest BCUT2D eigenvalue weighted by molar-refractivity contribution is 6.01. The van der Waals surface area contributed by atoms with Crippen LogP contribution < -0.4 is 9.47 Å². The molecule has 40 heavy (non-hydrogen) atoms. The Hall–Kier alpha value is -4.05. The van der Waals surface area contributed by atoms with Crippen molar-refractivity contribution in [2.75, 3.05) is 13.7 Å². The first-order valence-electron chi connectivity index (χ1n) is 13.4. The van der Waals surface area contributed by atoms with Crippen molar-refractivity contribution in [1.29, 1.82) is 0 Å². The summed E-state index contributed by atoms with van der Waals surface area (Å²) in [5.74, 6) is 0.669. The summed E-state index contributed by atoms with van der Waals surface area (Å²) in [5.41, 5.74) is 2.72. The maximum atomic E-state index is 13.4. The molecule has 0 fully saturated rings. The lowest BCUT2D eigenvalue weighted by atomic mass is 9.94. The summed E-state index contributed by atoms with van der Waals surface area (Å²) in [6.45, 7) is 4.98. The number of alkyl halides is 2. The van der Waals surface area contributed by atoms with Gasteiger partial charge in [0.05, 0.1) is 29.2 Å². The van der Waals surface area contributed by atoms with Gasteiger partial charge in [0.25, 0.3) is 5.91 Å². The van der Waals surface area contributed by atoms with Crippen LogP contribution in [-0.4, -0.2) is 50.7 Å². The van der Waals surface area contributed by atoms with E-state index in [1.807, 2.05) is 45.0 Å². The van der Waals surface area contributed by atoms with Crippen LogP contribution in [0.2, 0.25) is 0 Å². The molecule has 2 unspecified atom stereocenters. The summed E-state index contributed by atoms with van der Waals surface area (Å²) >= 11 is 0. The van der Waals surface area contributed by atoms with Crippen molar-refractivity contribution in [2.24, 2.45) is 0 Å². The number of rotatable bonds is 4. The quantitative estimate of drug-likeness (QED) is 0.324. The summed E-state index contributed by atoms with van der Waals surface area (Å²) in [7, 11) is 1.69. The molecule has 8 nitrogen and oxygen atoms in total. The number of benzene rings is 2. The Balaban J connectivity index is 0.00000158. The zero-order chi connectivity index (χ0) is 28.8. The van der Waals surface area contributed by atoms with Crippen molar-refractivity contribution >= 4 is 16.9 Å². The van der Waals surface area contributed by atoms with Gasteiger partial charge in [0.1, 0.15) is 28.6 Å². The number of hydrogen-bond donors (Lipinski definition) is 1. The zero-order valence-corrected chi connectivity index (χ0v) is 23.1. The number of carbonyl (C=O) groups is 1. The van der Waals surface area contributed by atoms with Crippen LogP contribution in [0.4, 0.5) is 8.78 Å². The standard InChI is InChI=1S/C28H26F2N4O4.C2H6/c1-4-19-25-32-18-9-8-15(16-13-22-24(31-14-16)28(2,36)10-11-37-22)12-20(18)34(25)23-17(26(35)33(19)3)6-5-7-21(23)38-27(29)30;1-2/h5-9,12-14,19,27,36H,4,10-11H2,1-3H3;1-2H3. The molecule has 2 aliphatic rings. The number of ether oxygens (including phenoxy) is 2. The molecule has 0 bridgehead atoms. The van der Waals surface area contributed by atoms with Crippen molar-refractivity contribution in [2.45, 2.75) is 58.8 Å². The lowest BCUT2D eigenvalue weighted by molar-refractivity contribution is -0.0498. The molecule has 1 N–H and O–H groups in total. The molecule has 2 aromatic heterocycles. The van der Waals surface area contributed by atoms with Crippen LogP contribution in [0.3, 0.4) is 0 Å². The first-order chi connectivity index (χ1) is 19.2. The van der Waals surface area contributed by atoms with Crippen molar-refractivity contribution in [3.63, 3.8) is 0 Å². The van der Waals surface area contributed by atoms with Crippen molar-refractivity contribution in [3.8, 4) is 28.3 Å². The Morgan fingerprint density at radius 3 is 2.70 bits per heavy atom. The Morgan fingerprint density at radius 2 is 1.98 bits per heavy atom. The van der Waals surface area contributed by atoms with E-state index < -0.39 is 12.2 Å². The lowest BCUT2D eigenvalue weighted by Crippen LogP contribution is -2.30.